The Labute approximate surface area is 95.7 Å². The molecule has 4 heteroatoms. The van der Waals surface area contributed by atoms with Crippen LogP contribution in [-0.2, 0) is 4.74 Å². The summed E-state index contributed by atoms with van der Waals surface area (Å²) >= 11 is 0. The van der Waals surface area contributed by atoms with Gasteiger partial charge >= 0.3 is 0 Å². The fourth-order valence-corrected chi connectivity index (χ4v) is 2.47. The summed E-state index contributed by atoms with van der Waals surface area (Å²) in [5, 5.41) is 0. The average molecular weight is 219 g/mol. The van der Waals surface area contributed by atoms with Crippen molar-refractivity contribution in [2.24, 2.45) is 0 Å². The standard InChI is InChI=1S/C12H17N3O/c1-8(2)11-3-4-13-12(14-11)15-6-10-5-9(15)7-16-10/h3-4,8-10H,5-7H2,1-2H3/t9-,10-/m0/s1. The first-order chi connectivity index (χ1) is 7.74. The minimum atomic E-state index is 0.399. The van der Waals surface area contributed by atoms with E-state index in [4.69, 9.17) is 4.74 Å². The van der Waals surface area contributed by atoms with Crippen LogP contribution in [0.4, 0.5) is 5.95 Å². The molecule has 3 rings (SSSR count). The van der Waals surface area contributed by atoms with E-state index in [1.807, 2.05) is 12.3 Å². The Balaban J connectivity index is 1.86. The molecule has 0 unspecified atom stereocenters. The lowest BCUT2D eigenvalue weighted by Crippen LogP contribution is -2.38. The molecule has 2 atom stereocenters. The zero-order valence-electron chi connectivity index (χ0n) is 9.76. The van der Waals surface area contributed by atoms with Crippen LogP contribution in [0, 0.1) is 0 Å². The van der Waals surface area contributed by atoms with Crippen molar-refractivity contribution in [3.05, 3.63) is 18.0 Å². The molecule has 2 fully saturated rings. The summed E-state index contributed by atoms with van der Waals surface area (Å²) in [6.45, 7) is 6.10. The predicted octanol–water partition coefficient (Wildman–Crippen LogP) is 1.58. The van der Waals surface area contributed by atoms with Crippen LogP contribution in [0.25, 0.3) is 0 Å². The minimum absolute atomic E-state index is 0.399. The van der Waals surface area contributed by atoms with Crippen LogP contribution in [0.2, 0.25) is 0 Å². The fourth-order valence-electron chi connectivity index (χ4n) is 2.47. The highest BCUT2D eigenvalue weighted by Crippen LogP contribution is 2.30. The van der Waals surface area contributed by atoms with Gasteiger partial charge < -0.3 is 9.64 Å². The Morgan fingerprint density at radius 2 is 2.38 bits per heavy atom. The third-order valence-corrected chi connectivity index (χ3v) is 3.41. The molecule has 0 aromatic carbocycles. The van der Waals surface area contributed by atoms with Crippen LogP contribution < -0.4 is 4.90 Å². The Bertz CT molecular complexity index is 394. The Kier molecular flexibility index (Phi) is 2.32. The molecule has 16 heavy (non-hydrogen) atoms. The highest BCUT2D eigenvalue weighted by Gasteiger charge is 2.40. The number of ether oxygens (including phenoxy) is 1. The SMILES string of the molecule is CC(C)c1ccnc(N2C[C@@H]3C[C@H]2CO3)n1. The van der Waals surface area contributed by atoms with Crippen LogP contribution in [-0.4, -0.2) is 35.3 Å². The smallest absolute Gasteiger partial charge is 0.225 e. The van der Waals surface area contributed by atoms with E-state index in [2.05, 4.69) is 28.7 Å². The van der Waals surface area contributed by atoms with Gasteiger partial charge in [0.15, 0.2) is 0 Å². The molecule has 1 aromatic rings. The van der Waals surface area contributed by atoms with Gasteiger partial charge in [-0.1, -0.05) is 13.8 Å². The van der Waals surface area contributed by atoms with Gasteiger partial charge in [-0.25, -0.2) is 9.97 Å². The van der Waals surface area contributed by atoms with E-state index >= 15 is 0 Å². The van der Waals surface area contributed by atoms with Crippen molar-refractivity contribution in [1.29, 1.82) is 0 Å². The summed E-state index contributed by atoms with van der Waals surface area (Å²) in [4.78, 5) is 11.3. The first-order valence-corrected chi connectivity index (χ1v) is 5.95. The van der Waals surface area contributed by atoms with Crippen LogP contribution in [0.15, 0.2) is 12.3 Å². The first kappa shape index (κ1) is 10.0. The van der Waals surface area contributed by atoms with Crippen molar-refractivity contribution >= 4 is 5.95 Å². The second kappa shape index (κ2) is 3.70. The highest BCUT2D eigenvalue weighted by molar-refractivity contribution is 5.36. The van der Waals surface area contributed by atoms with Crippen molar-refractivity contribution in [3.8, 4) is 0 Å². The van der Waals surface area contributed by atoms with Gasteiger partial charge in [-0.05, 0) is 18.4 Å². The van der Waals surface area contributed by atoms with Gasteiger partial charge in [0.05, 0.1) is 18.8 Å². The number of anilines is 1. The van der Waals surface area contributed by atoms with Crippen LogP contribution >= 0.6 is 0 Å². The van der Waals surface area contributed by atoms with Crippen LogP contribution in [0.1, 0.15) is 31.9 Å². The quantitative estimate of drug-likeness (QED) is 0.757. The monoisotopic (exact) mass is 219 g/mol. The molecule has 2 bridgehead atoms. The lowest BCUT2D eigenvalue weighted by atomic mass is 10.1. The molecule has 2 aliphatic heterocycles. The second-order valence-corrected chi connectivity index (χ2v) is 4.93. The molecular weight excluding hydrogens is 202 g/mol. The zero-order valence-corrected chi connectivity index (χ0v) is 9.76. The maximum atomic E-state index is 5.58. The van der Waals surface area contributed by atoms with E-state index in [-0.39, 0.29) is 0 Å². The normalized spacial score (nSPS) is 28.1. The molecule has 0 saturated carbocycles. The lowest BCUT2D eigenvalue weighted by Gasteiger charge is -2.27. The summed E-state index contributed by atoms with van der Waals surface area (Å²) in [5.41, 5.74) is 1.12. The highest BCUT2D eigenvalue weighted by atomic mass is 16.5. The first-order valence-electron chi connectivity index (χ1n) is 5.95. The van der Waals surface area contributed by atoms with E-state index in [1.165, 1.54) is 0 Å². The van der Waals surface area contributed by atoms with E-state index in [1.54, 1.807) is 0 Å². The summed E-state index contributed by atoms with van der Waals surface area (Å²) in [6.07, 6.45) is 3.40. The molecular formula is C12H17N3O. The zero-order chi connectivity index (χ0) is 11.1. The topological polar surface area (TPSA) is 38.2 Å². The molecule has 0 N–H and O–H groups in total. The Morgan fingerprint density at radius 3 is 3.00 bits per heavy atom. The molecule has 2 saturated heterocycles. The summed E-state index contributed by atoms with van der Waals surface area (Å²) in [7, 11) is 0. The summed E-state index contributed by atoms with van der Waals surface area (Å²) in [5.74, 6) is 1.33. The molecule has 1 aromatic heterocycles. The van der Waals surface area contributed by atoms with E-state index in [0.29, 0.717) is 18.1 Å². The maximum absolute atomic E-state index is 5.58. The van der Waals surface area contributed by atoms with Crippen molar-refractivity contribution in [2.75, 3.05) is 18.1 Å². The third-order valence-electron chi connectivity index (χ3n) is 3.41. The number of hydrogen-bond donors (Lipinski definition) is 0. The van der Waals surface area contributed by atoms with Crippen LogP contribution in [0.5, 0.6) is 0 Å². The minimum Gasteiger partial charge on any atom is -0.374 e. The number of hydrogen-bond acceptors (Lipinski definition) is 4. The van der Waals surface area contributed by atoms with Gasteiger partial charge in [0.25, 0.3) is 0 Å². The molecule has 3 heterocycles. The van der Waals surface area contributed by atoms with Gasteiger partial charge in [0, 0.05) is 18.4 Å². The van der Waals surface area contributed by atoms with Crippen molar-refractivity contribution in [1.82, 2.24) is 9.97 Å². The van der Waals surface area contributed by atoms with E-state index in [0.717, 1.165) is 31.2 Å². The number of rotatable bonds is 2. The van der Waals surface area contributed by atoms with Gasteiger partial charge in [0.2, 0.25) is 5.95 Å². The summed E-state index contributed by atoms with van der Waals surface area (Å²) in [6, 6.07) is 2.49. The van der Waals surface area contributed by atoms with Crippen molar-refractivity contribution in [2.45, 2.75) is 38.3 Å². The molecule has 0 spiro atoms. The molecule has 0 aliphatic carbocycles. The number of fused-ring (bicyclic) bond motifs is 2. The summed E-state index contributed by atoms with van der Waals surface area (Å²) < 4.78 is 5.58. The van der Waals surface area contributed by atoms with Gasteiger partial charge in [0.1, 0.15) is 0 Å². The lowest BCUT2D eigenvalue weighted by molar-refractivity contribution is 0.0986. The van der Waals surface area contributed by atoms with E-state index in [9.17, 15) is 0 Å². The Hall–Kier alpha value is -1.16. The molecule has 4 nitrogen and oxygen atoms in total. The van der Waals surface area contributed by atoms with Crippen LogP contribution in [0.3, 0.4) is 0 Å². The fraction of sp³-hybridized carbons (Fsp3) is 0.667. The average Bonchev–Trinajstić information content (AvgIpc) is 2.91. The predicted molar refractivity (Wildman–Crippen MR) is 61.6 cm³/mol. The van der Waals surface area contributed by atoms with E-state index < -0.39 is 0 Å². The molecule has 0 radical (unpaired) electrons. The van der Waals surface area contributed by atoms with Crippen molar-refractivity contribution < 1.29 is 4.74 Å². The van der Waals surface area contributed by atoms with Crippen molar-refractivity contribution in [3.63, 3.8) is 0 Å². The number of aromatic nitrogens is 2. The van der Waals surface area contributed by atoms with Gasteiger partial charge in [-0.2, -0.15) is 0 Å². The number of morpholine rings is 1. The molecule has 0 amide bonds. The molecule has 86 valence electrons. The Morgan fingerprint density at radius 1 is 1.50 bits per heavy atom. The second-order valence-electron chi connectivity index (χ2n) is 4.93. The van der Waals surface area contributed by atoms with Gasteiger partial charge in [-0.3, -0.25) is 0 Å². The number of nitrogens with zero attached hydrogens (tertiary/aromatic N) is 3. The molecule has 2 aliphatic rings. The maximum Gasteiger partial charge on any atom is 0.225 e. The van der Waals surface area contributed by atoms with Gasteiger partial charge in [-0.15, -0.1) is 0 Å². The third kappa shape index (κ3) is 1.57. The largest absolute Gasteiger partial charge is 0.374 e.